The number of piperidine rings is 1. The lowest BCUT2D eigenvalue weighted by atomic mass is 10.1. The van der Waals surface area contributed by atoms with E-state index in [1.54, 1.807) is 11.8 Å². The fraction of sp³-hybridized carbons (Fsp3) is 0.556. The number of benzene rings is 1. The third-order valence-electron chi connectivity index (χ3n) is 4.97. The molecule has 6 nitrogen and oxygen atoms in total. The summed E-state index contributed by atoms with van der Waals surface area (Å²) in [7, 11) is 0. The Morgan fingerprint density at radius 2 is 1.88 bits per heavy atom. The predicted molar refractivity (Wildman–Crippen MR) is 96.9 cm³/mol. The number of amides is 2. The fourth-order valence-electron chi connectivity index (χ4n) is 3.56. The molecule has 0 spiro atoms. The zero-order valence-corrected chi connectivity index (χ0v) is 15.0. The number of thioether (sulfide) groups is 1. The van der Waals surface area contributed by atoms with Gasteiger partial charge >= 0.3 is 0 Å². The van der Waals surface area contributed by atoms with Gasteiger partial charge in [0.25, 0.3) is 11.8 Å². The molecule has 0 bridgehead atoms. The van der Waals surface area contributed by atoms with E-state index in [2.05, 4.69) is 10.2 Å². The van der Waals surface area contributed by atoms with Gasteiger partial charge in [-0.25, -0.2) is 0 Å². The van der Waals surface area contributed by atoms with E-state index in [4.69, 9.17) is 4.74 Å². The van der Waals surface area contributed by atoms with Crippen LogP contribution in [0.15, 0.2) is 23.1 Å². The van der Waals surface area contributed by atoms with Crippen molar-refractivity contribution >= 4 is 29.3 Å². The molecule has 0 aromatic heterocycles. The monoisotopic (exact) mass is 361 g/mol. The van der Waals surface area contributed by atoms with E-state index in [0.29, 0.717) is 18.8 Å². The fourth-order valence-corrected chi connectivity index (χ4v) is 4.71. The minimum Gasteiger partial charge on any atom is -0.379 e. The van der Waals surface area contributed by atoms with Crippen LogP contribution in [0.4, 0.5) is 5.69 Å². The molecule has 1 unspecified atom stereocenters. The van der Waals surface area contributed by atoms with E-state index < -0.39 is 0 Å². The number of fused-ring (bicyclic) bond motifs is 1. The second kappa shape index (κ2) is 7.35. The van der Waals surface area contributed by atoms with Gasteiger partial charge in [-0.15, -0.1) is 0 Å². The van der Waals surface area contributed by atoms with Crippen molar-refractivity contribution < 1.29 is 14.3 Å². The van der Waals surface area contributed by atoms with Crippen LogP contribution in [-0.2, 0) is 9.53 Å². The molecule has 3 aliphatic rings. The summed E-state index contributed by atoms with van der Waals surface area (Å²) in [6, 6.07) is 5.67. The van der Waals surface area contributed by atoms with Crippen molar-refractivity contribution in [2.75, 3.05) is 44.7 Å². The van der Waals surface area contributed by atoms with Crippen LogP contribution >= 0.6 is 11.8 Å². The van der Waals surface area contributed by atoms with E-state index in [-0.39, 0.29) is 17.2 Å². The summed E-state index contributed by atoms with van der Waals surface area (Å²) in [5.74, 6) is 0.0547. The molecule has 4 rings (SSSR count). The maximum absolute atomic E-state index is 12.7. The molecule has 3 heterocycles. The largest absolute Gasteiger partial charge is 0.379 e. The van der Waals surface area contributed by atoms with Crippen LogP contribution in [0.5, 0.6) is 0 Å². The number of nitrogens with one attached hydrogen (secondary N) is 1. The van der Waals surface area contributed by atoms with Gasteiger partial charge in [-0.3, -0.25) is 14.5 Å². The van der Waals surface area contributed by atoms with Crippen LogP contribution < -0.4 is 5.32 Å². The Labute approximate surface area is 151 Å². The molecule has 1 N–H and O–H groups in total. The van der Waals surface area contributed by atoms with Crippen molar-refractivity contribution in [2.45, 2.75) is 29.5 Å². The van der Waals surface area contributed by atoms with Gasteiger partial charge in [-0.1, -0.05) is 11.8 Å². The van der Waals surface area contributed by atoms with Crippen molar-refractivity contribution in [2.24, 2.45) is 0 Å². The number of carbonyl (C=O) groups is 2. The van der Waals surface area contributed by atoms with Crippen LogP contribution in [0.1, 0.15) is 29.6 Å². The normalized spacial score (nSPS) is 24.6. The third kappa shape index (κ3) is 3.54. The Morgan fingerprint density at radius 3 is 2.64 bits per heavy atom. The van der Waals surface area contributed by atoms with E-state index in [1.165, 1.54) is 6.42 Å². The first-order valence-corrected chi connectivity index (χ1v) is 9.83. The number of nitrogens with zero attached hydrogens (tertiary/aromatic N) is 2. The second-order valence-corrected chi connectivity index (χ2v) is 7.79. The van der Waals surface area contributed by atoms with Crippen molar-refractivity contribution in [1.29, 1.82) is 0 Å². The quantitative estimate of drug-likeness (QED) is 0.873. The first-order valence-electron chi connectivity index (χ1n) is 8.95. The molecule has 3 aliphatic heterocycles. The topological polar surface area (TPSA) is 61.9 Å². The minimum absolute atomic E-state index is 0.0121. The lowest BCUT2D eigenvalue weighted by molar-refractivity contribution is -0.119. The number of rotatable bonds is 2. The molecule has 1 aromatic rings. The highest BCUT2D eigenvalue weighted by atomic mass is 32.2. The molecule has 1 atom stereocenters. The first kappa shape index (κ1) is 16.9. The van der Waals surface area contributed by atoms with Crippen molar-refractivity contribution in [3.8, 4) is 0 Å². The number of hydrogen-bond donors (Lipinski definition) is 1. The zero-order chi connectivity index (χ0) is 17.2. The maximum atomic E-state index is 12.7. The highest BCUT2D eigenvalue weighted by molar-refractivity contribution is 8.00. The number of ether oxygens (including phenoxy) is 1. The van der Waals surface area contributed by atoms with Crippen LogP contribution in [0, 0.1) is 0 Å². The summed E-state index contributed by atoms with van der Waals surface area (Å²) >= 11 is 1.56. The molecule has 0 aliphatic carbocycles. The molecule has 134 valence electrons. The Kier molecular flexibility index (Phi) is 4.96. The zero-order valence-electron chi connectivity index (χ0n) is 14.2. The Morgan fingerprint density at radius 1 is 1.12 bits per heavy atom. The number of morpholine rings is 1. The van der Waals surface area contributed by atoms with Gasteiger partial charge in [0.05, 0.1) is 18.9 Å². The molecular formula is C18H23N3O3S. The summed E-state index contributed by atoms with van der Waals surface area (Å²) in [5, 5.41) is 2.77. The molecule has 2 fully saturated rings. The number of likely N-dealkylation sites (tertiary alicyclic amines) is 1. The van der Waals surface area contributed by atoms with E-state index in [1.807, 2.05) is 23.1 Å². The minimum atomic E-state index is -0.222. The number of carbonyl (C=O) groups excluding carboxylic acids is 2. The van der Waals surface area contributed by atoms with E-state index in [9.17, 15) is 9.59 Å². The molecule has 7 heteroatoms. The Bertz CT molecular complexity index is 670. The smallest absolute Gasteiger partial charge is 0.253 e. The van der Waals surface area contributed by atoms with Crippen LogP contribution in [0.25, 0.3) is 0 Å². The van der Waals surface area contributed by atoms with E-state index >= 15 is 0 Å². The van der Waals surface area contributed by atoms with Gasteiger partial charge in [0, 0.05) is 36.6 Å². The average molecular weight is 361 g/mol. The van der Waals surface area contributed by atoms with Gasteiger partial charge in [0.1, 0.15) is 5.37 Å². The average Bonchev–Trinajstić information content (AvgIpc) is 2.68. The third-order valence-corrected chi connectivity index (χ3v) is 6.31. The predicted octanol–water partition coefficient (Wildman–Crippen LogP) is 2.02. The van der Waals surface area contributed by atoms with Gasteiger partial charge in [-0.2, -0.15) is 0 Å². The Balaban J connectivity index is 1.51. The standard InChI is InChI=1S/C18H23N3O3S/c22-16-18(21-8-10-24-11-9-21)25-15-5-4-13(12-14(15)19-16)17(23)20-6-2-1-3-7-20/h4-5,12,18H,1-3,6-11H2,(H,19,22). The lowest BCUT2D eigenvalue weighted by Gasteiger charge is -2.35. The molecule has 2 saturated heterocycles. The molecule has 0 saturated carbocycles. The SMILES string of the molecule is O=C1Nc2cc(C(=O)N3CCCCC3)ccc2SC1N1CCOCC1. The Hall–Kier alpha value is -1.57. The first-order chi connectivity index (χ1) is 12.2. The van der Waals surface area contributed by atoms with Crippen LogP contribution in [0.3, 0.4) is 0 Å². The van der Waals surface area contributed by atoms with Crippen LogP contribution in [-0.4, -0.2) is 66.4 Å². The molecule has 25 heavy (non-hydrogen) atoms. The summed E-state index contributed by atoms with van der Waals surface area (Å²) < 4.78 is 5.37. The number of anilines is 1. The summed E-state index contributed by atoms with van der Waals surface area (Å²) in [6.07, 6.45) is 3.35. The van der Waals surface area contributed by atoms with Gasteiger partial charge in [0.2, 0.25) is 0 Å². The highest BCUT2D eigenvalue weighted by Gasteiger charge is 2.33. The highest BCUT2D eigenvalue weighted by Crippen LogP contribution is 2.38. The van der Waals surface area contributed by atoms with Gasteiger partial charge in [0.15, 0.2) is 0 Å². The molecule has 0 radical (unpaired) electrons. The van der Waals surface area contributed by atoms with Crippen molar-refractivity contribution in [3.63, 3.8) is 0 Å². The van der Waals surface area contributed by atoms with E-state index in [0.717, 1.165) is 49.6 Å². The van der Waals surface area contributed by atoms with Crippen LogP contribution in [0.2, 0.25) is 0 Å². The lowest BCUT2D eigenvalue weighted by Crippen LogP contribution is -2.48. The molecule has 2 amide bonds. The number of hydrogen-bond acceptors (Lipinski definition) is 5. The summed E-state index contributed by atoms with van der Waals surface area (Å²) in [6.45, 7) is 4.53. The molecule has 1 aromatic carbocycles. The maximum Gasteiger partial charge on any atom is 0.253 e. The summed E-state index contributed by atoms with van der Waals surface area (Å²) in [4.78, 5) is 30.3. The van der Waals surface area contributed by atoms with Crippen molar-refractivity contribution in [1.82, 2.24) is 9.80 Å². The summed E-state index contributed by atoms with van der Waals surface area (Å²) in [5.41, 5.74) is 1.41. The van der Waals surface area contributed by atoms with Gasteiger partial charge < -0.3 is 15.0 Å². The second-order valence-electron chi connectivity index (χ2n) is 6.67. The molecular weight excluding hydrogens is 338 g/mol. The van der Waals surface area contributed by atoms with Crippen molar-refractivity contribution in [3.05, 3.63) is 23.8 Å². The van der Waals surface area contributed by atoms with Gasteiger partial charge in [-0.05, 0) is 37.5 Å².